The van der Waals surface area contributed by atoms with E-state index in [4.69, 9.17) is 11.6 Å². The lowest BCUT2D eigenvalue weighted by Gasteiger charge is -2.32. The van der Waals surface area contributed by atoms with E-state index in [1.54, 1.807) is 24.3 Å². The lowest BCUT2D eigenvalue weighted by atomic mass is 9.85. The zero-order chi connectivity index (χ0) is 31.4. The fraction of sp³-hybridized carbons (Fsp3) is 0.387. The average Bonchev–Trinajstić information content (AvgIpc) is 3.40. The zero-order valence-electron chi connectivity index (χ0n) is 23.6. The lowest BCUT2D eigenvalue weighted by molar-refractivity contribution is -0.591. The Bertz CT molecular complexity index is 1610. The summed E-state index contributed by atoms with van der Waals surface area (Å²) in [5, 5.41) is 9.50. The minimum absolute atomic E-state index is 0.0111. The molecule has 228 valence electrons. The molecule has 0 unspecified atom stereocenters. The minimum atomic E-state index is -2.71. The number of halogens is 4. The summed E-state index contributed by atoms with van der Waals surface area (Å²) in [5.41, 5.74) is 0.294. The summed E-state index contributed by atoms with van der Waals surface area (Å²) >= 11 is 6.58. The van der Waals surface area contributed by atoms with Gasteiger partial charge in [-0.05, 0) is 61.6 Å². The normalized spacial score (nSPS) is 18.9. The Labute approximate surface area is 256 Å². The topological polar surface area (TPSA) is 110 Å². The third-order valence-electron chi connectivity index (χ3n) is 8.09. The number of alkyl halides is 2. The van der Waals surface area contributed by atoms with Crippen molar-refractivity contribution in [3.63, 3.8) is 0 Å². The average molecular weight is 626 g/mol. The first-order valence-electron chi connectivity index (χ1n) is 14.3. The highest BCUT2D eigenvalue weighted by Gasteiger charge is 2.47. The maximum Gasteiger partial charge on any atom is 0.310 e. The molecular weight excluding hydrogens is 597 g/mol. The maximum absolute atomic E-state index is 14.6. The van der Waals surface area contributed by atoms with E-state index < -0.39 is 35.8 Å². The van der Waals surface area contributed by atoms with Crippen LogP contribution in [0.15, 0.2) is 60.8 Å². The third-order valence-corrected chi connectivity index (χ3v) is 8.43. The molecule has 3 aromatic rings. The van der Waals surface area contributed by atoms with Crippen LogP contribution in [0.3, 0.4) is 0 Å². The van der Waals surface area contributed by atoms with Crippen molar-refractivity contribution in [1.29, 1.82) is 5.26 Å². The highest BCUT2D eigenvalue weighted by atomic mass is 35.5. The van der Waals surface area contributed by atoms with Crippen molar-refractivity contribution in [2.24, 2.45) is 5.92 Å². The van der Waals surface area contributed by atoms with Gasteiger partial charge in [0.1, 0.15) is 23.6 Å². The van der Waals surface area contributed by atoms with E-state index in [9.17, 15) is 32.9 Å². The molecule has 0 bridgehead atoms. The summed E-state index contributed by atoms with van der Waals surface area (Å²) in [6.07, 6.45) is 0.256. The van der Waals surface area contributed by atoms with Crippen molar-refractivity contribution in [2.75, 3.05) is 16.3 Å². The van der Waals surface area contributed by atoms with Gasteiger partial charge in [-0.15, -0.1) is 0 Å². The van der Waals surface area contributed by atoms with Crippen molar-refractivity contribution in [3.8, 4) is 6.07 Å². The summed E-state index contributed by atoms with van der Waals surface area (Å²) < 4.78 is 42.8. The third kappa shape index (κ3) is 6.73. The molecule has 44 heavy (non-hydrogen) atoms. The molecule has 2 amide bonds. The van der Waals surface area contributed by atoms with Gasteiger partial charge in [-0.2, -0.15) is 5.26 Å². The van der Waals surface area contributed by atoms with E-state index in [2.05, 4.69) is 9.97 Å². The Morgan fingerprint density at radius 3 is 2.61 bits per heavy atom. The van der Waals surface area contributed by atoms with Crippen molar-refractivity contribution in [2.45, 2.75) is 63.1 Å². The molecule has 2 fully saturated rings. The highest BCUT2D eigenvalue weighted by Crippen LogP contribution is 2.39. The molecule has 2 heterocycles. The number of aromatic nitrogens is 2. The fourth-order valence-electron chi connectivity index (χ4n) is 5.80. The Hall–Kier alpha value is -4.37. The molecule has 1 aromatic heterocycles. The molecule has 2 aliphatic rings. The molecule has 1 aliphatic carbocycles. The molecule has 5 rings (SSSR count). The number of nitroso groups, excluding NO2 is 1. The van der Waals surface area contributed by atoms with Gasteiger partial charge in [-0.25, -0.2) is 28.0 Å². The van der Waals surface area contributed by atoms with Crippen molar-refractivity contribution >= 4 is 35.1 Å². The van der Waals surface area contributed by atoms with Crippen molar-refractivity contribution < 1.29 is 27.5 Å². The van der Waals surface area contributed by atoms with Crippen LogP contribution in [0.1, 0.15) is 62.4 Å². The van der Waals surface area contributed by atoms with Gasteiger partial charge in [0.05, 0.1) is 16.3 Å². The first kappa shape index (κ1) is 31.1. The quantitative estimate of drug-likeness (QED) is 0.202. The predicted octanol–water partition coefficient (Wildman–Crippen LogP) is 6.36. The molecule has 13 heteroatoms. The number of benzene rings is 2. The van der Waals surface area contributed by atoms with Crippen LogP contribution in [0.25, 0.3) is 0 Å². The van der Waals surface area contributed by atoms with Gasteiger partial charge in [-0.3, -0.25) is 14.5 Å². The van der Waals surface area contributed by atoms with E-state index in [0.29, 0.717) is 11.2 Å². The lowest BCUT2D eigenvalue weighted by Crippen LogP contribution is -2.51. The van der Waals surface area contributed by atoms with Gasteiger partial charge in [-0.1, -0.05) is 29.8 Å². The number of amides is 2. The number of nitriles is 1. The van der Waals surface area contributed by atoms with Crippen LogP contribution in [0.4, 0.5) is 24.8 Å². The fourth-order valence-corrected chi connectivity index (χ4v) is 6.03. The molecule has 1 saturated carbocycles. The Kier molecular flexibility index (Phi) is 9.25. The van der Waals surface area contributed by atoms with E-state index in [0.717, 1.165) is 15.9 Å². The van der Waals surface area contributed by atoms with Gasteiger partial charge in [0, 0.05) is 41.5 Å². The summed E-state index contributed by atoms with van der Waals surface area (Å²) in [7, 11) is 0. The van der Waals surface area contributed by atoms with Crippen molar-refractivity contribution in [1.82, 2.24) is 9.97 Å². The molecule has 2 aromatic carbocycles. The molecule has 1 aliphatic heterocycles. The van der Waals surface area contributed by atoms with Crippen LogP contribution in [-0.4, -0.2) is 45.1 Å². The molecule has 9 nitrogen and oxygen atoms in total. The van der Waals surface area contributed by atoms with Crippen LogP contribution >= 0.6 is 11.6 Å². The SMILES string of the molecule is N#Cc1ccnc(N2C(=O)CC[C@H]2C(=O)N(c2cccc(F)c2)[C@@H](c2ccccc2Cl)[N+](=O)CCC2CCC(F)(F)CC2)n1. The monoisotopic (exact) mass is 625 g/mol. The summed E-state index contributed by atoms with van der Waals surface area (Å²) in [5.74, 6) is -4.80. The van der Waals surface area contributed by atoms with Gasteiger partial charge in [0.2, 0.25) is 17.8 Å². The summed E-state index contributed by atoms with van der Waals surface area (Å²) in [6.45, 7) is -0.119. The minimum Gasteiger partial charge on any atom is -0.274 e. The van der Waals surface area contributed by atoms with Gasteiger partial charge < -0.3 is 0 Å². The zero-order valence-corrected chi connectivity index (χ0v) is 24.3. The number of anilines is 2. The van der Waals surface area contributed by atoms with Crippen LogP contribution in [0.2, 0.25) is 5.02 Å². The van der Waals surface area contributed by atoms with Crippen LogP contribution in [0.5, 0.6) is 0 Å². The van der Waals surface area contributed by atoms with Crippen LogP contribution in [-0.2, 0) is 9.59 Å². The Morgan fingerprint density at radius 2 is 1.91 bits per heavy atom. The number of hydrogen-bond donors (Lipinski definition) is 0. The maximum atomic E-state index is 14.6. The number of hydrogen-bond acceptors (Lipinski definition) is 6. The van der Waals surface area contributed by atoms with Crippen LogP contribution < -0.4 is 9.80 Å². The van der Waals surface area contributed by atoms with Gasteiger partial charge in [0.15, 0.2) is 6.54 Å². The first-order chi connectivity index (χ1) is 21.1. The number of carbonyl (C=O) groups excluding carboxylic acids is 2. The van der Waals surface area contributed by atoms with Crippen LogP contribution in [0, 0.1) is 28.0 Å². The molecular formula is C31H29ClF3N6O3+. The first-order valence-corrected chi connectivity index (χ1v) is 14.7. The molecule has 0 N–H and O–H groups in total. The largest absolute Gasteiger partial charge is 0.310 e. The van der Waals surface area contributed by atoms with Gasteiger partial charge in [0.25, 0.3) is 5.91 Å². The highest BCUT2D eigenvalue weighted by molar-refractivity contribution is 6.31. The van der Waals surface area contributed by atoms with E-state index in [1.807, 2.05) is 6.07 Å². The number of carbonyl (C=O) groups is 2. The second-order valence-corrected chi connectivity index (χ2v) is 11.4. The molecule has 0 radical (unpaired) electrons. The summed E-state index contributed by atoms with van der Waals surface area (Å²) in [4.78, 5) is 52.1. The Morgan fingerprint density at radius 1 is 1.16 bits per heavy atom. The standard InChI is InChI=1S/C31H29ClF3N6O3/c32-25-7-2-1-6-24(25)28(39(44)17-13-20-10-14-31(34,35)15-11-20)40(23-5-3-4-21(33)18-23)29(43)26-8-9-27(42)41(26)30-37-16-12-22(19-36)38-30/h1-7,12,16,18,20,26,28H,8-11,13-15,17H2/q+1/t26-,28-/m0/s1. The second-order valence-electron chi connectivity index (χ2n) is 11.0. The van der Waals surface area contributed by atoms with E-state index in [1.165, 1.54) is 30.5 Å². The number of nitrogens with zero attached hydrogens (tertiary/aromatic N) is 6. The molecule has 2 atom stereocenters. The van der Waals surface area contributed by atoms with E-state index >= 15 is 0 Å². The van der Waals surface area contributed by atoms with Crippen molar-refractivity contribution in [3.05, 3.63) is 87.8 Å². The van der Waals surface area contributed by atoms with Gasteiger partial charge >= 0.3 is 6.17 Å². The summed E-state index contributed by atoms with van der Waals surface area (Å²) in [6, 6.07) is 13.7. The molecule has 0 spiro atoms. The predicted molar refractivity (Wildman–Crippen MR) is 155 cm³/mol. The smallest absolute Gasteiger partial charge is 0.274 e. The molecule has 1 saturated heterocycles. The van der Waals surface area contributed by atoms with E-state index in [-0.39, 0.29) is 78.9 Å². The number of rotatable bonds is 9. The second kappa shape index (κ2) is 13.1. The Balaban J connectivity index is 1.55.